The van der Waals surface area contributed by atoms with Crippen molar-refractivity contribution in [3.05, 3.63) is 11.1 Å². The summed E-state index contributed by atoms with van der Waals surface area (Å²) >= 11 is 1.80. The molecule has 2 aliphatic rings. The molecule has 1 N–H and O–H groups in total. The van der Waals surface area contributed by atoms with Gasteiger partial charge >= 0.3 is 0 Å². The Morgan fingerprint density at radius 2 is 2.26 bits per heavy atom. The number of ether oxygens (including phenoxy) is 1. The van der Waals surface area contributed by atoms with Gasteiger partial charge in [-0.1, -0.05) is 0 Å². The Hall–Kier alpha value is -0.650. The normalized spacial score (nSPS) is 18.8. The number of nitrogens with zero attached hydrogens (tertiary/aromatic N) is 2. The molecule has 1 aromatic rings. The number of methoxy groups -OCH3 is 1. The maximum absolute atomic E-state index is 5.03. The number of hydrogen-bond acceptors (Lipinski definition) is 5. The molecule has 0 unspecified atom stereocenters. The van der Waals surface area contributed by atoms with E-state index >= 15 is 0 Å². The molecule has 0 aliphatic heterocycles. The van der Waals surface area contributed by atoms with E-state index in [0.29, 0.717) is 0 Å². The second-order valence-corrected chi connectivity index (χ2v) is 6.45. The molecule has 106 valence electrons. The molecule has 0 atom stereocenters. The lowest BCUT2D eigenvalue weighted by molar-refractivity contribution is 0.199. The second kappa shape index (κ2) is 6.20. The molecule has 0 aromatic carbocycles. The Morgan fingerprint density at radius 3 is 2.95 bits per heavy atom. The van der Waals surface area contributed by atoms with Crippen molar-refractivity contribution < 1.29 is 4.74 Å². The molecule has 0 saturated heterocycles. The van der Waals surface area contributed by atoms with E-state index in [1.807, 2.05) is 0 Å². The first-order valence-electron chi connectivity index (χ1n) is 7.27. The third-order valence-corrected chi connectivity index (χ3v) is 4.64. The van der Waals surface area contributed by atoms with Crippen LogP contribution in [0, 0.1) is 5.92 Å². The van der Waals surface area contributed by atoms with E-state index in [1.165, 1.54) is 37.4 Å². The van der Waals surface area contributed by atoms with Crippen LogP contribution in [0.1, 0.15) is 31.4 Å². The van der Waals surface area contributed by atoms with E-state index in [2.05, 4.69) is 15.6 Å². The molecule has 5 heteroatoms. The number of anilines is 1. The van der Waals surface area contributed by atoms with E-state index in [0.717, 1.165) is 37.4 Å². The number of rotatable bonds is 9. The van der Waals surface area contributed by atoms with Gasteiger partial charge in [0.1, 0.15) is 0 Å². The van der Waals surface area contributed by atoms with Crippen LogP contribution in [-0.2, 0) is 11.3 Å². The second-order valence-electron chi connectivity index (χ2n) is 5.62. The summed E-state index contributed by atoms with van der Waals surface area (Å²) in [5.74, 6) is 0.938. The van der Waals surface area contributed by atoms with Crippen molar-refractivity contribution in [2.75, 3.05) is 31.7 Å². The molecule has 1 aromatic heterocycles. The third kappa shape index (κ3) is 3.91. The van der Waals surface area contributed by atoms with Gasteiger partial charge in [-0.25, -0.2) is 4.98 Å². The van der Waals surface area contributed by atoms with Gasteiger partial charge in [-0.2, -0.15) is 0 Å². The molecule has 1 heterocycles. The Bertz CT molecular complexity index is 401. The van der Waals surface area contributed by atoms with Crippen LogP contribution >= 0.6 is 11.3 Å². The monoisotopic (exact) mass is 281 g/mol. The summed E-state index contributed by atoms with van der Waals surface area (Å²) < 4.78 is 5.03. The summed E-state index contributed by atoms with van der Waals surface area (Å²) in [5, 5.41) is 6.78. The molecule has 4 nitrogen and oxygen atoms in total. The fraction of sp³-hybridized carbons (Fsp3) is 0.786. The zero-order valence-corrected chi connectivity index (χ0v) is 12.4. The van der Waals surface area contributed by atoms with Gasteiger partial charge in [0.15, 0.2) is 5.13 Å². The number of aromatic nitrogens is 1. The van der Waals surface area contributed by atoms with Crippen molar-refractivity contribution in [3.63, 3.8) is 0 Å². The maximum atomic E-state index is 5.03. The average molecular weight is 281 g/mol. The van der Waals surface area contributed by atoms with Crippen LogP contribution in [-0.4, -0.2) is 37.8 Å². The van der Waals surface area contributed by atoms with E-state index < -0.39 is 0 Å². The standard InChI is InChI=1S/C14H23N3OS/c1-18-7-6-15-8-12-10-19-14(16-12)17(13-4-5-13)9-11-2-3-11/h10-11,13,15H,2-9H2,1H3. The lowest BCUT2D eigenvalue weighted by atomic mass is 10.4. The summed E-state index contributed by atoms with van der Waals surface area (Å²) in [6, 6.07) is 0.779. The lowest BCUT2D eigenvalue weighted by Gasteiger charge is -2.21. The number of nitrogens with one attached hydrogen (secondary N) is 1. The van der Waals surface area contributed by atoms with E-state index in [9.17, 15) is 0 Å². The zero-order chi connectivity index (χ0) is 13.1. The molecule has 3 rings (SSSR count). The molecule has 2 fully saturated rings. The quantitative estimate of drug-likeness (QED) is 0.705. The molecule has 19 heavy (non-hydrogen) atoms. The molecule has 0 bridgehead atoms. The van der Waals surface area contributed by atoms with E-state index in [4.69, 9.17) is 9.72 Å². The highest BCUT2D eigenvalue weighted by Gasteiger charge is 2.35. The SMILES string of the molecule is COCCNCc1csc(N(CC2CC2)C2CC2)n1. The van der Waals surface area contributed by atoms with Crippen LogP contribution in [0.3, 0.4) is 0 Å². The van der Waals surface area contributed by atoms with Gasteiger partial charge in [0.2, 0.25) is 0 Å². The molecule has 0 spiro atoms. The first-order chi connectivity index (χ1) is 9.36. The Labute approximate surface area is 119 Å². The van der Waals surface area contributed by atoms with Gasteiger partial charge in [-0.3, -0.25) is 0 Å². The number of hydrogen-bond donors (Lipinski definition) is 1. The van der Waals surface area contributed by atoms with Crippen LogP contribution in [0.5, 0.6) is 0 Å². The van der Waals surface area contributed by atoms with Gasteiger partial charge in [-0.15, -0.1) is 11.3 Å². The van der Waals surface area contributed by atoms with Crippen molar-refractivity contribution in [2.24, 2.45) is 5.92 Å². The van der Waals surface area contributed by atoms with Gasteiger partial charge in [0.05, 0.1) is 12.3 Å². The molecular weight excluding hydrogens is 258 g/mol. The average Bonchev–Trinajstić information content (AvgIpc) is 3.31. The van der Waals surface area contributed by atoms with Crippen LogP contribution in [0.2, 0.25) is 0 Å². The largest absolute Gasteiger partial charge is 0.383 e. The summed E-state index contributed by atoms with van der Waals surface area (Å²) in [6.07, 6.45) is 5.54. The van der Waals surface area contributed by atoms with E-state index in [1.54, 1.807) is 18.4 Å². The fourth-order valence-corrected chi connectivity index (χ4v) is 3.15. The van der Waals surface area contributed by atoms with Gasteiger partial charge in [0, 0.05) is 38.2 Å². The van der Waals surface area contributed by atoms with Crippen molar-refractivity contribution in [2.45, 2.75) is 38.3 Å². The first-order valence-corrected chi connectivity index (χ1v) is 8.15. The lowest BCUT2D eigenvalue weighted by Crippen LogP contribution is -2.28. The third-order valence-electron chi connectivity index (χ3n) is 3.71. The highest BCUT2D eigenvalue weighted by Crippen LogP contribution is 2.38. The molecule has 2 saturated carbocycles. The van der Waals surface area contributed by atoms with Crippen molar-refractivity contribution >= 4 is 16.5 Å². The summed E-state index contributed by atoms with van der Waals surface area (Å²) in [5.41, 5.74) is 1.16. The van der Waals surface area contributed by atoms with Crippen molar-refractivity contribution in [1.29, 1.82) is 0 Å². The minimum atomic E-state index is 0.757. The Morgan fingerprint density at radius 1 is 1.42 bits per heavy atom. The van der Waals surface area contributed by atoms with E-state index in [-0.39, 0.29) is 0 Å². The van der Waals surface area contributed by atoms with Crippen molar-refractivity contribution in [3.8, 4) is 0 Å². The molecule has 0 amide bonds. The van der Waals surface area contributed by atoms with Crippen LogP contribution in [0.25, 0.3) is 0 Å². The van der Waals surface area contributed by atoms with Gasteiger partial charge in [-0.05, 0) is 31.6 Å². The van der Waals surface area contributed by atoms with Crippen LogP contribution in [0.15, 0.2) is 5.38 Å². The smallest absolute Gasteiger partial charge is 0.185 e. The molecule has 0 radical (unpaired) electrons. The summed E-state index contributed by atoms with van der Waals surface area (Å²) in [6.45, 7) is 3.72. The highest BCUT2D eigenvalue weighted by molar-refractivity contribution is 7.13. The van der Waals surface area contributed by atoms with Crippen LogP contribution < -0.4 is 10.2 Å². The minimum absolute atomic E-state index is 0.757. The topological polar surface area (TPSA) is 37.4 Å². The zero-order valence-electron chi connectivity index (χ0n) is 11.6. The summed E-state index contributed by atoms with van der Waals surface area (Å²) in [4.78, 5) is 7.35. The maximum Gasteiger partial charge on any atom is 0.185 e. The fourth-order valence-electron chi connectivity index (χ4n) is 2.25. The molecular formula is C14H23N3OS. The van der Waals surface area contributed by atoms with Gasteiger partial charge < -0.3 is 15.0 Å². The Balaban J connectivity index is 1.52. The molecule has 2 aliphatic carbocycles. The predicted octanol–water partition coefficient (Wildman–Crippen LogP) is 2.26. The first kappa shape index (κ1) is 13.3. The highest BCUT2D eigenvalue weighted by atomic mass is 32.1. The minimum Gasteiger partial charge on any atom is -0.383 e. The Kier molecular flexibility index (Phi) is 4.35. The van der Waals surface area contributed by atoms with Crippen molar-refractivity contribution in [1.82, 2.24) is 10.3 Å². The number of thiazole rings is 1. The summed E-state index contributed by atoms with van der Waals surface area (Å²) in [7, 11) is 1.73. The van der Waals surface area contributed by atoms with Crippen LogP contribution in [0.4, 0.5) is 5.13 Å². The van der Waals surface area contributed by atoms with Gasteiger partial charge in [0.25, 0.3) is 0 Å². The predicted molar refractivity (Wildman–Crippen MR) is 78.8 cm³/mol.